The number of nitrogens with zero attached hydrogens (tertiary/aromatic N) is 1. The molecule has 3 rings (SSSR count). The molecule has 2 heterocycles. The van der Waals surface area contributed by atoms with Crippen molar-refractivity contribution in [2.24, 2.45) is 0 Å². The molecular weight excluding hydrogens is 224 g/mol. The van der Waals surface area contributed by atoms with E-state index < -0.39 is 0 Å². The Morgan fingerprint density at radius 1 is 1.39 bits per heavy atom. The highest BCUT2D eigenvalue weighted by Crippen LogP contribution is 2.31. The van der Waals surface area contributed by atoms with Crippen molar-refractivity contribution >= 4 is 16.6 Å². The first kappa shape index (κ1) is 11.6. The Bertz CT molecular complexity index is 571. The number of anilines is 1. The maximum absolute atomic E-state index is 6.05. The first-order chi connectivity index (χ1) is 8.55. The number of hydrogen-bond donors (Lipinski definition) is 1. The van der Waals surface area contributed by atoms with Crippen LogP contribution in [0.4, 0.5) is 5.69 Å². The Hall–Kier alpha value is -1.48. The van der Waals surface area contributed by atoms with Crippen LogP contribution in [0, 0.1) is 0 Å². The summed E-state index contributed by atoms with van der Waals surface area (Å²) in [6.07, 6.45) is 4.70. The summed E-state index contributed by atoms with van der Waals surface area (Å²) in [5, 5.41) is 1.13. The number of nitrogens with two attached hydrogens (primary N) is 1. The van der Waals surface area contributed by atoms with Gasteiger partial charge < -0.3 is 15.0 Å². The fourth-order valence-corrected chi connectivity index (χ4v) is 2.83. The summed E-state index contributed by atoms with van der Waals surface area (Å²) in [6.45, 7) is 5.24. The van der Waals surface area contributed by atoms with Gasteiger partial charge in [-0.3, -0.25) is 0 Å². The second-order valence-electron chi connectivity index (χ2n) is 5.79. The molecule has 0 aliphatic carbocycles. The van der Waals surface area contributed by atoms with E-state index in [2.05, 4.69) is 36.7 Å². The molecule has 0 amide bonds. The molecule has 3 heteroatoms. The van der Waals surface area contributed by atoms with Crippen LogP contribution in [0.2, 0.25) is 0 Å². The number of fused-ring (bicyclic) bond motifs is 1. The van der Waals surface area contributed by atoms with E-state index in [1.807, 2.05) is 12.1 Å². The topological polar surface area (TPSA) is 40.2 Å². The SMILES string of the molecule is CC1(C)CCC(Cn2ccc3c(N)cccc32)O1. The zero-order valence-electron chi connectivity index (χ0n) is 11.0. The molecule has 2 N–H and O–H groups in total. The molecule has 1 atom stereocenters. The standard InChI is InChI=1S/C15H20N2O/c1-15(2)8-6-11(18-15)10-17-9-7-12-13(16)4-3-5-14(12)17/h3-5,7,9,11H,6,8,10,16H2,1-2H3. The quantitative estimate of drug-likeness (QED) is 0.824. The molecule has 3 nitrogen and oxygen atoms in total. The third-order valence-corrected chi connectivity index (χ3v) is 3.80. The number of rotatable bonds is 2. The smallest absolute Gasteiger partial charge is 0.0762 e. The molecule has 1 saturated heterocycles. The Morgan fingerprint density at radius 3 is 2.94 bits per heavy atom. The maximum Gasteiger partial charge on any atom is 0.0762 e. The van der Waals surface area contributed by atoms with Crippen LogP contribution >= 0.6 is 0 Å². The molecule has 1 aromatic heterocycles. The van der Waals surface area contributed by atoms with Crippen LogP contribution in [0.5, 0.6) is 0 Å². The summed E-state index contributed by atoms with van der Waals surface area (Å²) < 4.78 is 8.30. The van der Waals surface area contributed by atoms with Crippen molar-refractivity contribution in [1.82, 2.24) is 4.57 Å². The predicted molar refractivity (Wildman–Crippen MR) is 74.5 cm³/mol. The van der Waals surface area contributed by atoms with Crippen LogP contribution in [0.3, 0.4) is 0 Å². The molecule has 0 saturated carbocycles. The number of benzene rings is 1. The molecule has 1 fully saturated rings. The molecule has 0 bridgehead atoms. The van der Waals surface area contributed by atoms with Crippen molar-refractivity contribution in [2.45, 2.75) is 44.9 Å². The van der Waals surface area contributed by atoms with Gasteiger partial charge in [-0.2, -0.15) is 0 Å². The van der Waals surface area contributed by atoms with Crippen LogP contribution in [-0.2, 0) is 11.3 Å². The van der Waals surface area contributed by atoms with Crippen molar-refractivity contribution in [2.75, 3.05) is 5.73 Å². The lowest BCUT2D eigenvalue weighted by atomic mass is 10.1. The zero-order valence-corrected chi connectivity index (χ0v) is 11.0. The summed E-state index contributed by atoms with van der Waals surface area (Å²) in [5.74, 6) is 0. The van der Waals surface area contributed by atoms with Gasteiger partial charge in [0, 0.05) is 23.8 Å². The minimum atomic E-state index is 0.0344. The van der Waals surface area contributed by atoms with E-state index in [0.29, 0.717) is 6.10 Å². The highest BCUT2D eigenvalue weighted by molar-refractivity contribution is 5.91. The number of hydrogen-bond acceptors (Lipinski definition) is 2. The lowest BCUT2D eigenvalue weighted by Gasteiger charge is -2.19. The van der Waals surface area contributed by atoms with E-state index in [4.69, 9.17) is 10.5 Å². The van der Waals surface area contributed by atoms with Crippen molar-refractivity contribution < 1.29 is 4.74 Å². The molecule has 0 spiro atoms. The Morgan fingerprint density at radius 2 is 2.22 bits per heavy atom. The molecule has 1 unspecified atom stereocenters. The minimum absolute atomic E-state index is 0.0344. The van der Waals surface area contributed by atoms with Gasteiger partial charge in [0.1, 0.15) is 0 Å². The Labute approximate surface area is 108 Å². The first-order valence-electron chi connectivity index (χ1n) is 6.56. The van der Waals surface area contributed by atoms with Crippen molar-refractivity contribution in [3.8, 4) is 0 Å². The molecule has 18 heavy (non-hydrogen) atoms. The van der Waals surface area contributed by atoms with E-state index >= 15 is 0 Å². The fourth-order valence-electron chi connectivity index (χ4n) is 2.83. The Balaban J connectivity index is 1.86. The lowest BCUT2D eigenvalue weighted by molar-refractivity contribution is -0.0212. The van der Waals surface area contributed by atoms with Gasteiger partial charge in [0.2, 0.25) is 0 Å². The van der Waals surface area contributed by atoms with Crippen molar-refractivity contribution in [1.29, 1.82) is 0 Å². The summed E-state index contributed by atoms with van der Waals surface area (Å²) in [5.41, 5.74) is 8.05. The summed E-state index contributed by atoms with van der Waals surface area (Å²) in [6, 6.07) is 8.16. The number of ether oxygens (including phenoxy) is 1. The highest BCUT2D eigenvalue weighted by atomic mass is 16.5. The third kappa shape index (κ3) is 1.99. The molecular formula is C15H20N2O. The minimum Gasteiger partial charge on any atom is -0.398 e. The third-order valence-electron chi connectivity index (χ3n) is 3.80. The van der Waals surface area contributed by atoms with Gasteiger partial charge in [0.15, 0.2) is 0 Å². The van der Waals surface area contributed by atoms with Gasteiger partial charge in [0.25, 0.3) is 0 Å². The van der Waals surface area contributed by atoms with Crippen LogP contribution < -0.4 is 5.73 Å². The van der Waals surface area contributed by atoms with Crippen LogP contribution in [0.15, 0.2) is 30.5 Å². The Kier molecular flexibility index (Phi) is 2.59. The molecule has 1 aromatic carbocycles. The van der Waals surface area contributed by atoms with E-state index in [1.54, 1.807) is 0 Å². The largest absolute Gasteiger partial charge is 0.398 e. The highest BCUT2D eigenvalue weighted by Gasteiger charge is 2.31. The summed E-state index contributed by atoms with van der Waals surface area (Å²) >= 11 is 0. The van der Waals surface area contributed by atoms with Gasteiger partial charge in [-0.05, 0) is 44.9 Å². The van der Waals surface area contributed by atoms with Gasteiger partial charge >= 0.3 is 0 Å². The normalized spacial score (nSPS) is 22.7. The van der Waals surface area contributed by atoms with E-state index in [0.717, 1.165) is 30.5 Å². The predicted octanol–water partition coefficient (Wildman–Crippen LogP) is 3.18. The molecule has 2 aromatic rings. The summed E-state index contributed by atoms with van der Waals surface area (Å²) in [4.78, 5) is 0. The van der Waals surface area contributed by atoms with Crippen LogP contribution in [0.1, 0.15) is 26.7 Å². The number of aromatic nitrogens is 1. The summed E-state index contributed by atoms with van der Waals surface area (Å²) in [7, 11) is 0. The second-order valence-corrected chi connectivity index (χ2v) is 5.79. The van der Waals surface area contributed by atoms with Crippen molar-refractivity contribution in [3.63, 3.8) is 0 Å². The van der Waals surface area contributed by atoms with Crippen LogP contribution in [0.25, 0.3) is 10.9 Å². The van der Waals surface area contributed by atoms with E-state index in [9.17, 15) is 0 Å². The monoisotopic (exact) mass is 244 g/mol. The van der Waals surface area contributed by atoms with E-state index in [1.165, 1.54) is 5.52 Å². The fraction of sp³-hybridized carbons (Fsp3) is 0.467. The first-order valence-corrected chi connectivity index (χ1v) is 6.56. The molecule has 1 aliphatic heterocycles. The second kappa shape index (κ2) is 4.02. The van der Waals surface area contributed by atoms with Gasteiger partial charge in [0.05, 0.1) is 17.2 Å². The van der Waals surface area contributed by atoms with Crippen molar-refractivity contribution in [3.05, 3.63) is 30.5 Å². The van der Waals surface area contributed by atoms with Gasteiger partial charge in [-0.25, -0.2) is 0 Å². The molecule has 1 aliphatic rings. The maximum atomic E-state index is 6.05. The van der Waals surface area contributed by atoms with E-state index in [-0.39, 0.29) is 5.60 Å². The van der Waals surface area contributed by atoms with Gasteiger partial charge in [-0.15, -0.1) is 0 Å². The van der Waals surface area contributed by atoms with Crippen LogP contribution in [-0.4, -0.2) is 16.3 Å². The van der Waals surface area contributed by atoms with Gasteiger partial charge in [-0.1, -0.05) is 6.07 Å². The molecule has 96 valence electrons. The lowest BCUT2D eigenvalue weighted by Crippen LogP contribution is -2.22. The number of nitrogen functional groups attached to an aromatic ring is 1. The zero-order chi connectivity index (χ0) is 12.8. The average molecular weight is 244 g/mol. The average Bonchev–Trinajstić information content (AvgIpc) is 2.85. The molecule has 0 radical (unpaired) electrons.